The first-order chi connectivity index (χ1) is 14.2. The van der Waals surface area contributed by atoms with Crippen molar-refractivity contribution in [3.05, 3.63) is 89.0 Å². The van der Waals surface area contributed by atoms with Gasteiger partial charge in [-0.15, -0.1) is 0 Å². The van der Waals surface area contributed by atoms with Crippen LogP contribution in [0.1, 0.15) is 38.3 Å². The van der Waals surface area contributed by atoms with E-state index in [0.717, 1.165) is 30.8 Å². The third kappa shape index (κ3) is 2.61. The lowest BCUT2D eigenvalue weighted by Crippen LogP contribution is -2.30. The lowest BCUT2D eigenvalue weighted by molar-refractivity contribution is 0.0926. The second-order valence-electron chi connectivity index (χ2n) is 7.19. The van der Waals surface area contributed by atoms with E-state index in [1.165, 1.54) is 10.5 Å². The molecule has 5 rings (SSSR count). The summed E-state index contributed by atoms with van der Waals surface area (Å²) in [5, 5.41) is 9.00. The molecular formula is C24H17N3O2. The summed E-state index contributed by atoms with van der Waals surface area (Å²) in [6.07, 6.45) is 1.99. The monoisotopic (exact) mass is 379 g/mol. The molecule has 140 valence electrons. The number of nitrogens with zero attached hydrogens (tertiary/aromatic N) is 3. The van der Waals surface area contributed by atoms with E-state index in [4.69, 9.17) is 5.26 Å². The Hall–Kier alpha value is -3.91. The predicted octanol–water partition coefficient (Wildman–Crippen LogP) is 4.44. The Labute approximate surface area is 168 Å². The molecule has 0 saturated heterocycles. The normalized spacial score (nSPS) is 15.1. The van der Waals surface area contributed by atoms with Crippen molar-refractivity contribution < 1.29 is 9.59 Å². The molecule has 0 N–H and O–H groups in total. The van der Waals surface area contributed by atoms with Crippen molar-refractivity contribution in [2.45, 2.75) is 12.8 Å². The van der Waals surface area contributed by atoms with Gasteiger partial charge < -0.3 is 4.90 Å². The molecule has 0 aliphatic carbocycles. The molecule has 3 aromatic rings. The zero-order valence-electron chi connectivity index (χ0n) is 15.6. The summed E-state index contributed by atoms with van der Waals surface area (Å²) in [5.41, 5.74) is 4.92. The van der Waals surface area contributed by atoms with Gasteiger partial charge in [0, 0.05) is 12.2 Å². The number of aryl methyl sites for hydroxylation is 1. The molecule has 2 aliphatic heterocycles. The molecule has 2 aliphatic rings. The van der Waals surface area contributed by atoms with E-state index in [9.17, 15) is 9.59 Å². The number of imide groups is 1. The number of nitriles is 1. The minimum absolute atomic E-state index is 0.326. The number of carbonyl (C=O) groups excluding carboxylic acids is 2. The molecular weight excluding hydrogens is 362 g/mol. The number of amides is 2. The van der Waals surface area contributed by atoms with Crippen LogP contribution in [0.2, 0.25) is 0 Å². The quantitative estimate of drug-likeness (QED) is 0.618. The fourth-order valence-corrected chi connectivity index (χ4v) is 4.20. The predicted molar refractivity (Wildman–Crippen MR) is 111 cm³/mol. The highest BCUT2D eigenvalue weighted by Crippen LogP contribution is 2.40. The Morgan fingerprint density at radius 3 is 2.38 bits per heavy atom. The van der Waals surface area contributed by atoms with Gasteiger partial charge in [-0.3, -0.25) is 9.59 Å². The number of anilines is 3. The maximum atomic E-state index is 13.4. The third-order valence-electron chi connectivity index (χ3n) is 5.55. The van der Waals surface area contributed by atoms with E-state index in [1.807, 2.05) is 24.3 Å². The van der Waals surface area contributed by atoms with Crippen molar-refractivity contribution in [3.63, 3.8) is 0 Å². The van der Waals surface area contributed by atoms with Crippen LogP contribution < -0.4 is 9.80 Å². The Bertz CT molecular complexity index is 1190. The topological polar surface area (TPSA) is 64.4 Å². The van der Waals surface area contributed by atoms with Crippen molar-refractivity contribution >= 4 is 28.9 Å². The highest BCUT2D eigenvalue weighted by atomic mass is 16.2. The van der Waals surface area contributed by atoms with Crippen molar-refractivity contribution in [2.75, 3.05) is 16.3 Å². The van der Waals surface area contributed by atoms with Gasteiger partial charge in [-0.2, -0.15) is 5.26 Å². The fraction of sp³-hybridized carbons (Fsp3) is 0.125. The molecule has 0 fully saturated rings. The molecule has 0 radical (unpaired) electrons. The molecule has 0 atom stereocenters. The maximum Gasteiger partial charge on any atom is 0.268 e. The van der Waals surface area contributed by atoms with Crippen LogP contribution in [0, 0.1) is 11.3 Å². The fourth-order valence-electron chi connectivity index (χ4n) is 4.20. The summed E-state index contributed by atoms with van der Waals surface area (Å²) in [4.78, 5) is 29.8. The van der Waals surface area contributed by atoms with Crippen molar-refractivity contribution in [1.82, 2.24) is 0 Å². The highest BCUT2D eigenvalue weighted by Gasteiger charge is 2.40. The molecule has 5 nitrogen and oxygen atoms in total. The van der Waals surface area contributed by atoms with Gasteiger partial charge in [0.2, 0.25) is 0 Å². The molecule has 2 heterocycles. The Morgan fingerprint density at radius 1 is 0.828 bits per heavy atom. The zero-order valence-corrected chi connectivity index (χ0v) is 15.6. The van der Waals surface area contributed by atoms with Gasteiger partial charge in [0.05, 0.1) is 34.1 Å². The van der Waals surface area contributed by atoms with Crippen LogP contribution in [0.3, 0.4) is 0 Å². The number of carbonyl (C=O) groups is 2. The van der Waals surface area contributed by atoms with E-state index in [-0.39, 0.29) is 11.8 Å². The molecule has 0 spiro atoms. The maximum absolute atomic E-state index is 13.4. The minimum atomic E-state index is -0.332. The summed E-state index contributed by atoms with van der Waals surface area (Å²) in [6, 6.07) is 22.2. The van der Waals surface area contributed by atoms with Gasteiger partial charge in [0.25, 0.3) is 11.8 Å². The number of fused-ring (bicyclic) bond motifs is 2. The first-order valence-electron chi connectivity index (χ1n) is 9.56. The molecule has 0 unspecified atom stereocenters. The summed E-state index contributed by atoms with van der Waals surface area (Å²) < 4.78 is 0. The average molecular weight is 379 g/mol. The van der Waals surface area contributed by atoms with Gasteiger partial charge in [0.15, 0.2) is 0 Å². The lowest BCUT2D eigenvalue weighted by Gasteiger charge is -2.32. The SMILES string of the molecule is N#Cc1ccc(N2C(=O)c3cccc(N4CCCc5ccccc54)c3C2=O)cc1. The number of para-hydroxylation sites is 1. The standard InChI is InChI=1S/C24H17N3O2/c25-15-16-10-12-18(13-11-16)27-23(28)19-7-3-9-21(22(19)24(27)29)26-14-4-6-17-5-1-2-8-20(17)26/h1-3,5,7-13H,4,6,14H2. The summed E-state index contributed by atoms with van der Waals surface area (Å²) in [5.74, 6) is -0.657. The van der Waals surface area contributed by atoms with Gasteiger partial charge in [-0.05, 0) is 60.9 Å². The average Bonchev–Trinajstić information content (AvgIpc) is 3.04. The summed E-state index contributed by atoms with van der Waals surface area (Å²) in [6.45, 7) is 0.797. The molecule has 0 saturated carbocycles. The van der Waals surface area contributed by atoms with Gasteiger partial charge >= 0.3 is 0 Å². The lowest BCUT2D eigenvalue weighted by atomic mass is 9.99. The largest absolute Gasteiger partial charge is 0.341 e. The first kappa shape index (κ1) is 17.2. The molecule has 29 heavy (non-hydrogen) atoms. The van der Waals surface area contributed by atoms with E-state index in [1.54, 1.807) is 30.3 Å². The number of benzene rings is 3. The molecule has 0 aromatic heterocycles. The van der Waals surface area contributed by atoms with Crippen LogP contribution >= 0.6 is 0 Å². The van der Waals surface area contributed by atoms with Crippen molar-refractivity contribution in [2.24, 2.45) is 0 Å². The van der Waals surface area contributed by atoms with Gasteiger partial charge in [0.1, 0.15) is 0 Å². The van der Waals surface area contributed by atoms with Gasteiger partial charge in [-0.1, -0.05) is 24.3 Å². The smallest absolute Gasteiger partial charge is 0.268 e. The van der Waals surface area contributed by atoms with Crippen LogP contribution in [-0.2, 0) is 6.42 Å². The number of rotatable bonds is 2. The zero-order chi connectivity index (χ0) is 20.0. The first-order valence-corrected chi connectivity index (χ1v) is 9.56. The molecule has 5 heteroatoms. The molecule has 2 amide bonds. The van der Waals surface area contributed by atoms with Crippen LogP contribution in [0.5, 0.6) is 0 Å². The molecule has 3 aromatic carbocycles. The Balaban J connectivity index is 1.61. The van der Waals surface area contributed by atoms with Crippen molar-refractivity contribution in [3.8, 4) is 6.07 Å². The Kier molecular flexibility index (Phi) is 3.92. The minimum Gasteiger partial charge on any atom is -0.341 e. The van der Waals surface area contributed by atoms with Crippen LogP contribution in [0.4, 0.5) is 17.1 Å². The summed E-state index contributed by atoms with van der Waals surface area (Å²) >= 11 is 0. The van der Waals surface area contributed by atoms with E-state index in [0.29, 0.717) is 22.4 Å². The Morgan fingerprint density at radius 2 is 1.59 bits per heavy atom. The summed E-state index contributed by atoms with van der Waals surface area (Å²) in [7, 11) is 0. The van der Waals surface area contributed by atoms with Crippen LogP contribution in [0.25, 0.3) is 0 Å². The van der Waals surface area contributed by atoms with E-state index >= 15 is 0 Å². The van der Waals surface area contributed by atoms with E-state index < -0.39 is 0 Å². The van der Waals surface area contributed by atoms with Crippen molar-refractivity contribution in [1.29, 1.82) is 5.26 Å². The van der Waals surface area contributed by atoms with Crippen LogP contribution in [0.15, 0.2) is 66.7 Å². The third-order valence-corrected chi connectivity index (χ3v) is 5.55. The number of hydrogen-bond acceptors (Lipinski definition) is 4. The second kappa shape index (κ2) is 6.61. The van der Waals surface area contributed by atoms with Crippen LogP contribution in [-0.4, -0.2) is 18.4 Å². The van der Waals surface area contributed by atoms with E-state index in [2.05, 4.69) is 23.1 Å². The van der Waals surface area contributed by atoms with Gasteiger partial charge in [-0.25, -0.2) is 4.90 Å². The second-order valence-corrected chi connectivity index (χ2v) is 7.19. The highest BCUT2D eigenvalue weighted by molar-refractivity contribution is 6.36. The number of hydrogen-bond donors (Lipinski definition) is 0. The molecule has 0 bridgehead atoms.